The molecule has 7 heteroatoms. The van der Waals surface area contributed by atoms with E-state index in [1.54, 1.807) is 19.2 Å². The van der Waals surface area contributed by atoms with E-state index in [4.69, 9.17) is 4.74 Å². The Morgan fingerprint density at radius 1 is 1.13 bits per heavy atom. The molecule has 0 aromatic heterocycles. The van der Waals surface area contributed by atoms with Gasteiger partial charge in [-0.3, -0.25) is 4.79 Å². The molecule has 1 saturated carbocycles. The van der Waals surface area contributed by atoms with Crippen LogP contribution in [0, 0.1) is 0 Å². The average Bonchev–Trinajstić information content (AvgIpc) is 2.67. The zero-order valence-corrected chi connectivity index (χ0v) is 17.8. The fourth-order valence-corrected chi connectivity index (χ4v) is 6.25. The van der Waals surface area contributed by atoms with Gasteiger partial charge in [-0.25, -0.2) is 13.1 Å². The Morgan fingerprint density at radius 3 is 2.70 bits per heavy atom. The van der Waals surface area contributed by atoms with Crippen molar-refractivity contribution in [1.82, 2.24) is 4.72 Å². The van der Waals surface area contributed by atoms with Crippen LogP contribution in [0.2, 0.25) is 0 Å². The Kier molecular flexibility index (Phi) is 4.73. The van der Waals surface area contributed by atoms with Crippen LogP contribution in [0.3, 0.4) is 0 Å². The highest BCUT2D eigenvalue weighted by Crippen LogP contribution is 2.49. The molecule has 6 nitrogen and oxygen atoms in total. The summed E-state index contributed by atoms with van der Waals surface area (Å²) in [6.07, 6.45) is 5.70. The van der Waals surface area contributed by atoms with E-state index in [1.807, 2.05) is 12.1 Å². The van der Waals surface area contributed by atoms with Crippen molar-refractivity contribution in [3.63, 3.8) is 0 Å². The molecule has 1 amide bonds. The van der Waals surface area contributed by atoms with Crippen molar-refractivity contribution >= 4 is 21.6 Å². The summed E-state index contributed by atoms with van der Waals surface area (Å²) in [6.45, 7) is 0.824. The van der Waals surface area contributed by atoms with E-state index in [2.05, 4.69) is 16.1 Å². The third-order valence-electron chi connectivity index (χ3n) is 6.77. The zero-order valence-electron chi connectivity index (χ0n) is 17.0. The maximum atomic E-state index is 13.1. The lowest BCUT2D eigenvalue weighted by Gasteiger charge is -2.37. The highest BCUT2D eigenvalue weighted by atomic mass is 32.2. The Balaban J connectivity index is 1.42. The van der Waals surface area contributed by atoms with Gasteiger partial charge in [0.2, 0.25) is 5.91 Å². The zero-order chi connectivity index (χ0) is 20.9. The van der Waals surface area contributed by atoms with Gasteiger partial charge in [-0.05, 0) is 72.9 Å². The second-order valence-electron chi connectivity index (χ2n) is 8.42. The number of methoxy groups -OCH3 is 1. The summed E-state index contributed by atoms with van der Waals surface area (Å²) < 4.78 is 34.0. The molecule has 0 radical (unpaired) electrons. The van der Waals surface area contributed by atoms with Crippen LogP contribution in [-0.4, -0.2) is 28.0 Å². The first kappa shape index (κ1) is 19.4. The molecule has 1 heterocycles. The third kappa shape index (κ3) is 3.07. The summed E-state index contributed by atoms with van der Waals surface area (Å²) >= 11 is 0. The predicted molar refractivity (Wildman–Crippen MR) is 115 cm³/mol. The second-order valence-corrected chi connectivity index (χ2v) is 10.1. The van der Waals surface area contributed by atoms with Gasteiger partial charge in [-0.2, -0.15) is 0 Å². The number of amides is 1. The number of carbonyl (C=O) groups excluding carboxylic acids is 1. The number of ether oxygens (including phenoxy) is 1. The quantitative estimate of drug-likeness (QED) is 0.765. The van der Waals surface area contributed by atoms with Crippen molar-refractivity contribution in [2.45, 2.75) is 55.3 Å². The van der Waals surface area contributed by atoms with Crippen LogP contribution in [-0.2, 0) is 27.7 Å². The summed E-state index contributed by atoms with van der Waals surface area (Å²) in [7, 11) is -2.36. The molecule has 30 heavy (non-hydrogen) atoms. The number of fused-ring (bicyclic) bond motifs is 2. The molecule has 0 unspecified atom stereocenters. The Hall–Kier alpha value is -2.54. The summed E-state index contributed by atoms with van der Waals surface area (Å²) in [6, 6.07) is 9.19. The minimum atomic E-state index is -3.94. The van der Waals surface area contributed by atoms with Gasteiger partial charge in [0.05, 0.1) is 17.9 Å². The van der Waals surface area contributed by atoms with Gasteiger partial charge in [-0.15, -0.1) is 0 Å². The molecular formula is C23H26N2O4S. The van der Waals surface area contributed by atoms with Crippen molar-refractivity contribution in [2.75, 3.05) is 19.0 Å². The van der Waals surface area contributed by atoms with Crippen molar-refractivity contribution < 1.29 is 17.9 Å². The minimum absolute atomic E-state index is 0.190. The molecule has 3 aliphatic rings. The molecule has 1 fully saturated rings. The maximum absolute atomic E-state index is 13.1. The van der Waals surface area contributed by atoms with Crippen LogP contribution in [0.15, 0.2) is 35.2 Å². The Bertz CT molecular complexity index is 1120. The molecule has 0 bridgehead atoms. The Labute approximate surface area is 177 Å². The normalized spacial score (nSPS) is 20.1. The lowest BCUT2D eigenvalue weighted by atomic mass is 9.68. The summed E-state index contributed by atoms with van der Waals surface area (Å²) in [4.78, 5) is 13.2. The SMILES string of the molecule is COc1ccc(C2CCC2)c2c1[C@@H](C(=O)NS(=O)(=O)c1cccc3c1CCCN3)C2. The lowest BCUT2D eigenvalue weighted by Crippen LogP contribution is -2.40. The van der Waals surface area contributed by atoms with Gasteiger partial charge < -0.3 is 10.1 Å². The molecule has 1 atom stereocenters. The minimum Gasteiger partial charge on any atom is -0.496 e. The molecule has 0 spiro atoms. The van der Waals surface area contributed by atoms with Crippen molar-refractivity contribution in [1.29, 1.82) is 0 Å². The van der Waals surface area contributed by atoms with E-state index >= 15 is 0 Å². The number of carbonyl (C=O) groups is 1. The average molecular weight is 427 g/mol. The second kappa shape index (κ2) is 7.30. The van der Waals surface area contributed by atoms with Gasteiger partial charge in [0.25, 0.3) is 10.0 Å². The van der Waals surface area contributed by atoms with Crippen LogP contribution < -0.4 is 14.8 Å². The fraction of sp³-hybridized carbons (Fsp3) is 0.435. The molecule has 2 N–H and O–H groups in total. The first-order valence-corrected chi connectivity index (χ1v) is 12.1. The number of anilines is 1. The number of rotatable bonds is 5. The molecule has 2 aromatic rings. The van der Waals surface area contributed by atoms with Gasteiger partial charge in [0.15, 0.2) is 0 Å². The molecule has 2 aromatic carbocycles. The lowest BCUT2D eigenvalue weighted by molar-refractivity contribution is -0.121. The molecular weight excluding hydrogens is 400 g/mol. The molecule has 1 aliphatic heterocycles. The van der Waals surface area contributed by atoms with Gasteiger partial charge in [0, 0.05) is 17.8 Å². The smallest absolute Gasteiger partial charge is 0.264 e. The van der Waals surface area contributed by atoms with E-state index in [-0.39, 0.29) is 4.90 Å². The van der Waals surface area contributed by atoms with Gasteiger partial charge >= 0.3 is 0 Å². The van der Waals surface area contributed by atoms with Crippen molar-refractivity contribution in [3.8, 4) is 5.75 Å². The predicted octanol–water partition coefficient (Wildman–Crippen LogP) is 3.47. The van der Waals surface area contributed by atoms with E-state index in [0.29, 0.717) is 24.5 Å². The highest BCUT2D eigenvalue weighted by molar-refractivity contribution is 7.90. The highest BCUT2D eigenvalue weighted by Gasteiger charge is 2.40. The largest absolute Gasteiger partial charge is 0.496 e. The number of sulfonamides is 1. The van der Waals surface area contributed by atoms with Crippen molar-refractivity contribution in [2.24, 2.45) is 0 Å². The maximum Gasteiger partial charge on any atom is 0.264 e. The number of nitrogens with one attached hydrogen (secondary N) is 2. The number of hydrogen-bond acceptors (Lipinski definition) is 5. The molecule has 2 aliphatic carbocycles. The summed E-state index contributed by atoms with van der Waals surface area (Å²) in [5, 5.41) is 3.24. The summed E-state index contributed by atoms with van der Waals surface area (Å²) in [5.74, 6) is 0.245. The fourth-order valence-electron chi connectivity index (χ4n) is 4.94. The summed E-state index contributed by atoms with van der Waals surface area (Å²) in [5.41, 5.74) is 4.90. The van der Waals surface area contributed by atoms with E-state index in [1.165, 1.54) is 24.8 Å². The van der Waals surface area contributed by atoms with Crippen LogP contribution in [0.1, 0.15) is 59.8 Å². The number of hydrogen-bond donors (Lipinski definition) is 2. The van der Waals surface area contributed by atoms with Crippen LogP contribution >= 0.6 is 0 Å². The third-order valence-corrected chi connectivity index (χ3v) is 8.20. The first-order chi connectivity index (χ1) is 14.5. The standard InChI is InChI=1S/C23H26N2O4S/c1-29-20-11-10-15(14-5-2-6-14)17-13-18(22(17)20)23(26)25-30(27,28)21-9-3-8-19-16(21)7-4-12-24-19/h3,8-11,14,18,24H,2,4-7,12-13H2,1H3,(H,25,26)/t18-/m0/s1. The van der Waals surface area contributed by atoms with E-state index < -0.39 is 21.8 Å². The van der Waals surface area contributed by atoms with Crippen LogP contribution in [0.4, 0.5) is 5.69 Å². The Morgan fingerprint density at radius 2 is 1.97 bits per heavy atom. The van der Waals surface area contributed by atoms with Gasteiger partial charge in [0.1, 0.15) is 5.75 Å². The van der Waals surface area contributed by atoms with Crippen LogP contribution in [0.25, 0.3) is 0 Å². The van der Waals surface area contributed by atoms with Gasteiger partial charge in [-0.1, -0.05) is 18.6 Å². The van der Waals surface area contributed by atoms with Crippen LogP contribution in [0.5, 0.6) is 5.75 Å². The van der Waals surface area contributed by atoms with Crippen molar-refractivity contribution in [3.05, 3.63) is 52.6 Å². The topological polar surface area (TPSA) is 84.5 Å². The van der Waals surface area contributed by atoms with E-state index in [9.17, 15) is 13.2 Å². The molecule has 0 saturated heterocycles. The van der Waals surface area contributed by atoms with E-state index in [0.717, 1.165) is 35.3 Å². The molecule has 5 rings (SSSR count). The monoisotopic (exact) mass is 426 g/mol. The molecule has 158 valence electrons. The number of benzene rings is 2. The first-order valence-electron chi connectivity index (χ1n) is 10.6.